The number of halogens is 1. The van der Waals surface area contributed by atoms with Crippen molar-refractivity contribution in [2.75, 3.05) is 0 Å². The molecule has 4 rings (SSSR count). The minimum Gasteiger partial charge on any atom is -0.282 e. The van der Waals surface area contributed by atoms with Gasteiger partial charge in [-0.2, -0.15) is 5.21 Å². The van der Waals surface area contributed by atoms with Crippen molar-refractivity contribution in [3.63, 3.8) is 0 Å². The van der Waals surface area contributed by atoms with Gasteiger partial charge >= 0.3 is 0 Å². The van der Waals surface area contributed by atoms with E-state index >= 15 is 0 Å². The highest BCUT2D eigenvalue weighted by Crippen LogP contribution is 2.28. The number of hydrogen-bond acceptors (Lipinski definition) is 4. The summed E-state index contributed by atoms with van der Waals surface area (Å²) in [6.07, 6.45) is 1.75. The average molecular weight is 368 g/mol. The van der Waals surface area contributed by atoms with E-state index in [2.05, 4.69) is 36.6 Å². The molecule has 0 unspecified atom stereocenters. The Morgan fingerprint density at radius 1 is 1.13 bits per heavy atom. The van der Waals surface area contributed by atoms with Crippen LogP contribution >= 0.6 is 15.9 Å². The van der Waals surface area contributed by atoms with E-state index in [9.17, 15) is 4.79 Å². The third kappa shape index (κ3) is 2.35. The zero-order valence-electron chi connectivity index (χ0n) is 11.8. The summed E-state index contributed by atoms with van der Waals surface area (Å²) in [6.45, 7) is 0. The molecule has 0 saturated carbocycles. The normalized spacial score (nSPS) is 11.0. The number of para-hydroxylation sites is 1. The summed E-state index contributed by atoms with van der Waals surface area (Å²) in [5.41, 5.74) is 2.16. The predicted octanol–water partition coefficient (Wildman–Crippen LogP) is 3.27. The Balaban J connectivity index is 1.92. The monoisotopic (exact) mass is 367 g/mol. The summed E-state index contributed by atoms with van der Waals surface area (Å²) in [7, 11) is 0. The molecule has 2 aromatic heterocycles. The summed E-state index contributed by atoms with van der Waals surface area (Å²) in [5.74, 6) is 0.347. The van der Waals surface area contributed by atoms with Gasteiger partial charge in [0.15, 0.2) is 0 Å². The van der Waals surface area contributed by atoms with Gasteiger partial charge < -0.3 is 0 Å². The van der Waals surface area contributed by atoms with E-state index in [-0.39, 0.29) is 5.91 Å². The van der Waals surface area contributed by atoms with Gasteiger partial charge in [0.25, 0.3) is 5.91 Å². The Morgan fingerprint density at radius 2 is 2.00 bits per heavy atom. The minimum absolute atomic E-state index is 0.114. The lowest BCUT2D eigenvalue weighted by molar-refractivity contribution is 0.0965. The quantitative estimate of drug-likeness (QED) is 0.589. The molecule has 2 aromatic carbocycles. The summed E-state index contributed by atoms with van der Waals surface area (Å²) >= 11 is 3.40. The van der Waals surface area contributed by atoms with Crippen LogP contribution in [0.5, 0.6) is 0 Å². The van der Waals surface area contributed by atoms with Crippen molar-refractivity contribution >= 4 is 32.7 Å². The number of tetrazole rings is 1. The number of nitrogens with zero attached hydrogens (tertiary/aromatic N) is 4. The fourth-order valence-corrected chi connectivity index (χ4v) is 2.96. The van der Waals surface area contributed by atoms with Crippen LogP contribution in [0.25, 0.3) is 22.3 Å². The molecule has 0 aliphatic carbocycles. The van der Waals surface area contributed by atoms with Gasteiger partial charge in [-0.3, -0.25) is 9.36 Å². The number of H-pyrrole nitrogens is 1. The van der Waals surface area contributed by atoms with Crippen LogP contribution in [0.15, 0.2) is 59.2 Å². The van der Waals surface area contributed by atoms with E-state index in [1.807, 2.05) is 36.4 Å². The largest absolute Gasteiger partial charge is 0.282 e. The first-order valence-corrected chi connectivity index (χ1v) is 7.67. The first kappa shape index (κ1) is 13.8. The Bertz CT molecular complexity index is 1010. The smallest absolute Gasteiger partial charge is 0.262 e. The van der Waals surface area contributed by atoms with Gasteiger partial charge in [-0.1, -0.05) is 40.2 Å². The van der Waals surface area contributed by atoms with E-state index < -0.39 is 0 Å². The van der Waals surface area contributed by atoms with E-state index in [1.165, 1.54) is 0 Å². The maximum Gasteiger partial charge on any atom is 0.262 e. The highest BCUT2D eigenvalue weighted by atomic mass is 79.9. The topological polar surface area (TPSA) is 76.5 Å². The van der Waals surface area contributed by atoms with Crippen LogP contribution in [0.2, 0.25) is 0 Å². The van der Waals surface area contributed by atoms with Gasteiger partial charge in [0.1, 0.15) is 0 Å². The first-order chi connectivity index (χ1) is 11.2. The molecule has 23 heavy (non-hydrogen) atoms. The molecule has 0 atom stereocenters. The summed E-state index contributed by atoms with van der Waals surface area (Å²) in [4.78, 5) is 12.9. The van der Waals surface area contributed by atoms with Crippen LogP contribution in [0.4, 0.5) is 0 Å². The number of aromatic amines is 1. The maximum atomic E-state index is 12.9. The molecule has 7 heteroatoms. The third-order valence-electron chi connectivity index (χ3n) is 3.59. The summed E-state index contributed by atoms with van der Waals surface area (Å²) < 4.78 is 2.47. The van der Waals surface area contributed by atoms with Crippen LogP contribution in [-0.4, -0.2) is 31.1 Å². The molecule has 0 bridgehead atoms. The molecule has 0 saturated heterocycles. The first-order valence-electron chi connectivity index (χ1n) is 6.88. The summed E-state index contributed by atoms with van der Waals surface area (Å²) in [6, 6.07) is 15.0. The molecule has 2 heterocycles. The second kappa shape index (κ2) is 5.44. The van der Waals surface area contributed by atoms with Crippen molar-refractivity contribution in [1.82, 2.24) is 25.2 Å². The maximum absolute atomic E-state index is 12.9. The van der Waals surface area contributed by atoms with Gasteiger partial charge in [-0.15, -0.1) is 10.2 Å². The van der Waals surface area contributed by atoms with Crippen LogP contribution in [0.1, 0.15) is 10.4 Å². The van der Waals surface area contributed by atoms with Crippen molar-refractivity contribution in [1.29, 1.82) is 0 Å². The molecule has 0 fully saturated rings. The number of aromatic nitrogens is 5. The minimum atomic E-state index is -0.114. The van der Waals surface area contributed by atoms with Gasteiger partial charge in [-0.05, 0) is 29.5 Å². The number of rotatable bonds is 2. The van der Waals surface area contributed by atoms with E-state index in [0.717, 1.165) is 20.9 Å². The Labute approximate surface area is 139 Å². The second-order valence-corrected chi connectivity index (χ2v) is 5.90. The lowest BCUT2D eigenvalue weighted by Gasteiger charge is -2.04. The molecule has 1 N–H and O–H groups in total. The van der Waals surface area contributed by atoms with Crippen molar-refractivity contribution in [2.45, 2.75) is 0 Å². The SMILES string of the molecule is O=C(c1cccc(Br)c1)n1cc(-c2nn[nH]n2)c2ccccc21. The lowest BCUT2D eigenvalue weighted by Crippen LogP contribution is -2.10. The van der Waals surface area contributed by atoms with Gasteiger partial charge in [0.05, 0.1) is 5.52 Å². The molecule has 4 aromatic rings. The molecule has 0 radical (unpaired) electrons. The number of hydrogen-bond donors (Lipinski definition) is 1. The molecule has 0 amide bonds. The highest BCUT2D eigenvalue weighted by Gasteiger charge is 2.18. The number of fused-ring (bicyclic) bond motifs is 1. The van der Waals surface area contributed by atoms with Gasteiger partial charge in [-0.25, -0.2) is 0 Å². The second-order valence-electron chi connectivity index (χ2n) is 4.98. The Morgan fingerprint density at radius 3 is 2.78 bits per heavy atom. The van der Waals surface area contributed by atoms with Crippen molar-refractivity contribution in [2.24, 2.45) is 0 Å². The fourth-order valence-electron chi connectivity index (χ4n) is 2.56. The van der Waals surface area contributed by atoms with Crippen LogP contribution in [0, 0.1) is 0 Å². The lowest BCUT2D eigenvalue weighted by atomic mass is 10.1. The average Bonchev–Trinajstić information content (AvgIpc) is 3.21. The number of carbonyl (C=O) groups is 1. The standard InChI is InChI=1S/C16H10BrN5O/c17-11-5-3-4-10(8-11)16(23)22-9-13(15-18-20-21-19-15)12-6-1-2-7-14(12)22/h1-9H,(H,18,19,20,21). The van der Waals surface area contributed by atoms with Crippen molar-refractivity contribution in [3.8, 4) is 11.4 Å². The third-order valence-corrected chi connectivity index (χ3v) is 4.08. The van der Waals surface area contributed by atoms with E-state index in [1.54, 1.807) is 22.9 Å². The van der Waals surface area contributed by atoms with E-state index in [4.69, 9.17) is 0 Å². The van der Waals surface area contributed by atoms with Crippen molar-refractivity contribution in [3.05, 3.63) is 64.8 Å². The van der Waals surface area contributed by atoms with Crippen molar-refractivity contribution < 1.29 is 4.79 Å². The Hall–Kier alpha value is -2.80. The molecule has 112 valence electrons. The molecule has 0 aliphatic heterocycles. The number of benzene rings is 2. The fraction of sp³-hybridized carbons (Fsp3) is 0. The predicted molar refractivity (Wildman–Crippen MR) is 89.0 cm³/mol. The number of nitrogens with one attached hydrogen (secondary N) is 1. The molecular formula is C16H10BrN5O. The van der Waals surface area contributed by atoms with Gasteiger partial charge in [0, 0.05) is 27.2 Å². The van der Waals surface area contributed by atoms with Gasteiger partial charge in [0.2, 0.25) is 5.82 Å². The van der Waals surface area contributed by atoms with Crippen LogP contribution in [-0.2, 0) is 0 Å². The Kier molecular flexibility index (Phi) is 3.27. The van der Waals surface area contributed by atoms with E-state index in [0.29, 0.717) is 11.4 Å². The van der Waals surface area contributed by atoms with Crippen LogP contribution in [0.3, 0.4) is 0 Å². The summed E-state index contributed by atoms with van der Waals surface area (Å²) in [5, 5.41) is 15.0. The molecule has 0 aliphatic rings. The molecular weight excluding hydrogens is 358 g/mol. The molecule has 6 nitrogen and oxygen atoms in total. The molecule has 0 spiro atoms. The zero-order valence-corrected chi connectivity index (χ0v) is 13.4. The highest BCUT2D eigenvalue weighted by molar-refractivity contribution is 9.10. The zero-order chi connectivity index (χ0) is 15.8. The van der Waals surface area contributed by atoms with Crippen LogP contribution < -0.4 is 0 Å². The number of carbonyl (C=O) groups excluding carboxylic acids is 1.